The van der Waals surface area contributed by atoms with E-state index in [4.69, 9.17) is 0 Å². The Morgan fingerprint density at radius 2 is 1.93 bits per heavy atom. The van der Waals surface area contributed by atoms with Gasteiger partial charge >= 0.3 is 0 Å². The van der Waals surface area contributed by atoms with E-state index in [1.165, 1.54) is 12.1 Å². The van der Waals surface area contributed by atoms with Gasteiger partial charge in [0, 0.05) is 11.4 Å². The van der Waals surface area contributed by atoms with Crippen LogP contribution in [0.25, 0.3) is 5.70 Å². The largest absolute Gasteiger partial charge is 0.359 e. The Morgan fingerprint density at radius 1 is 1.36 bits per heavy atom. The average Bonchev–Trinajstić information content (AvgIpc) is 2.18. The summed E-state index contributed by atoms with van der Waals surface area (Å²) in [5.74, 6) is -0.232. The predicted octanol–water partition coefficient (Wildman–Crippen LogP) is 3.31. The predicted molar refractivity (Wildman–Crippen MR) is 58.0 cm³/mol. The van der Waals surface area contributed by atoms with Crippen LogP contribution in [0.4, 0.5) is 4.39 Å². The van der Waals surface area contributed by atoms with Gasteiger partial charge < -0.3 is 5.32 Å². The summed E-state index contributed by atoms with van der Waals surface area (Å²) in [6.07, 6.45) is 1.95. The molecule has 0 atom stereocenters. The third-order valence-corrected chi connectivity index (χ3v) is 1.97. The van der Waals surface area contributed by atoms with Gasteiger partial charge in [-0.1, -0.05) is 24.8 Å². The molecule has 1 N–H and O–H groups in total. The summed E-state index contributed by atoms with van der Waals surface area (Å²) >= 11 is 0. The van der Waals surface area contributed by atoms with Gasteiger partial charge in [0.1, 0.15) is 5.82 Å². The van der Waals surface area contributed by atoms with Crippen LogP contribution in [0.3, 0.4) is 0 Å². The van der Waals surface area contributed by atoms with Gasteiger partial charge in [-0.3, -0.25) is 0 Å². The van der Waals surface area contributed by atoms with Crippen molar-refractivity contribution in [2.45, 2.75) is 13.8 Å². The molecule has 0 fully saturated rings. The molecule has 0 unspecified atom stereocenters. The Bertz CT molecular complexity index is 349. The van der Waals surface area contributed by atoms with E-state index in [-0.39, 0.29) is 5.82 Å². The number of hydrogen-bond donors (Lipinski definition) is 1. The summed E-state index contributed by atoms with van der Waals surface area (Å²) in [4.78, 5) is 0. The molecule has 0 amide bonds. The standard InChI is InChI=1S/C12H14FN/c1-4-9(2)14-10(3)11-5-7-12(13)8-6-11/h4-8,14H,3H2,1-2H3/b9-4+. The topological polar surface area (TPSA) is 12.0 Å². The van der Waals surface area contributed by atoms with Crippen molar-refractivity contribution >= 4 is 5.70 Å². The summed E-state index contributed by atoms with van der Waals surface area (Å²) in [6, 6.07) is 6.25. The molecule has 2 heteroatoms. The van der Waals surface area contributed by atoms with Crippen molar-refractivity contribution in [1.82, 2.24) is 5.32 Å². The quantitative estimate of drug-likeness (QED) is 0.772. The molecule has 1 rings (SSSR count). The van der Waals surface area contributed by atoms with Crippen LogP contribution in [0.15, 0.2) is 42.6 Å². The summed E-state index contributed by atoms with van der Waals surface area (Å²) in [6.45, 7) is 7.77. The maximum atomic E-state index is 12.6. The molecule has 14 heavy (non-hydrogen) atoms. The zero-order chi connectivity index (χ0) is 10.6. The van der Waals surface area contributed by atoms with E-state index in [0.29, 0.717) is 0 Å². The molecule has 0 radical (unpaired) electrons. The molecule has 1 nitrogen and oxygen atoms in total. The van der Waals surface area contributed by atoms with E-state index in [9.17, 15) is 4.39 Å². The molecule has 0 saturated heterocycles. The van der Waals surface area contributed by atoms with Crippen molar-refractivity contribution in [1.29, 1.82) is 0 Å². The second-order valence-electron chi connectivity index (χ2n) is 3.08. The van der Waals surface area contributed by atoms with Gasteiger partial charge in [0.2, 0.25) is 0 Å². The van der Waals surface area contributed by atoms with E-state index in [1.807, 2.05) is 19.9 Å². The summed E-state index contributed by atoms with van der Waals surface area (Å²) in [5.41, 5.74) is 2.70. The highest BCUT2D eigenvalue weighted by molar-refractivity contribution is 5.62. The van der Waals surface area contributed by atoms with Crippen LogP contribution in [-0.4, -0.2) is 0 Å². The van der Waals surface area contributed by atoms with Gasteiger partial charge in [0.15, 0.2) is 0 Å². The molecule has 0 bridgehead atoms. The van der Waals surface area contributed by atoms with Crippen LogP contribution < -0.4 is 5.32 Å². The van der Waals surface area contributed by atoms with E-state index in [1.54, 1.807) is 12.1 Å². The summed E-state index contributed by atoms with van der Waals surface area (Å²) in [5, 5.41) is 3.11. The highest BCUT2D eigenvalue weighted by Crippen LogP contribution is 2.11. The molecular formula is C12H14FN. The Morgan fingerprint density at radius 3 is 2.43 bits per heavy atom. The minimum Gasteiger partial charge on any atom is -0.359 e. The first-order chi connectivity index (χ1) is 6.63. The fourth-order valence-electron chi connectivity index (χ4n) is 1.03. The van der Waals surface area contributed by atoms with Crippen LogP contribution in [0.5, 0.6) is 0 Å². The lowest BCUT2D eigenvalue weighted by molar-refractivity contribution is 0.627. The first-order valence-electron chi connectivity index (χ1n) is 4.48. The van der Waals surface area contributed by atoms with Crippen LogP contribution in [0, 0.1) is 5.82 Å². The zero-order valence-electron chi connectivity index (χ0n) is 8.47. The first-order valence-corrected chi connectivity index (χ1v) is 4.48. The Kier molecular flexibility index (Phi) is 3.46. The second kappa shape index (κ2) is 4.61. The third kappa shape index (κ3) is 2.73. The van der Waals surface area contributed by atoms with Crippen molar-refractivity contribution < 1.29 is 4.39 Å². The molecule has 0 saturated carbocycles. The van der Waals surface area contributed by atoms with E-state index in [0.717, 1.165) is 17.0 Å². The molecule has 1 aromatic rings. The number of benzene rings is 1. The van der Waals surface area contributed by atoms with Crippen molar-refractivity contribution in [3.63, 3.8) is 0 Å². The van der Waals surface area contributed by atoms with Gasteiger partial charge in [0.05, 0.1) is 0 Å². The highest BCUT2D eigenvalue weighted by atomic mass is 19.1. The summed E-state index contributed by atoms with van der Waals surface area (Å²) < 4.78 is 12.6. The van der Waals surface area contributed by atoms with Gasteiger partial charge in [-0.25, -0.2) is 4.39 Å². The molecule has 0 spiro atoms. The fraction of sp³-hybridized carbons (Fsp3) is 0.167. The van der Waals surface area contributed by atoms with Crippen molar-refractivity contribution in [3.8, 4) is 0 Å². The van der Waals surface area contributed by atoms with Gasteiger partial charge in [-0.15, -0.1) is 0 Å². The number of rotatable bonds is 3. The van der Waals surface area contributed by atoms with Gasteiger partial charge in [0.25, 0.3) is 0 Å². The average molecular weight is 191 g/mol. The first kappa shape index (κ1) is 10.5. The second-order valence-corrected chi connectivity index (χ2v) is 3.08. The van der Waals surface area contributed by atoms with Crippen LogP contribution in [-0.2, 0) is 0 Å². The normalized spacial score (nSPS) is 11.2. The molecule has 0 aliphatic carbocycles. The number of allylic oxidation sites excluding steroid dienone is 2. The SMILES string of the molecule is C=C(N/C(C)=C/C)c1ccc(F)cc1. The number of hydrogen-bond acceptors (Lipinski definition) is 1. The Balaban J connectivity index is 2.75. The molecule has 0 aliphatic heterocycles. The lowest BCUT2D eigenvalue weighted by atomic mass is 10.1. The maximum absolute atomic E-state index is 12.6. The van der Waals surface area contributed by atoms with E-state index < -0.39 is 0 Å². The molecule has 0 aliphatic rings. The maximum Gasteiger partial charge on any atom is 0.123 e. The third-order valence-electron chi connectivity index (χ3n) is 1.97. The lowest BCUT2D eigenvalue weighted by Gasteiger charge is -2.09. The van der Waals surface area contributed by atoms with Crippen LogP contribution in [0.1, 0.15) is 19.4 Å². The van der Waals surface area contributed by atoms with Crippen LogP contribution in [0.2, 0.25) is 0 Å². The van der Waals surface area contributed by atoms with Gasteiger partial charge in [-0.05, 0) is 31.5 Å². The minimum atomic E-state index is -0.232. The fourth-order valence-corrected chi connectivity index (χ4v) is 1.03. The minimum absolute atomic E-state index is 0.232. The molecular weight excluding hydrogens is 177 g/mol. The molecule has 0 heterocycles. The molecule has 74 valence electrons. The molecule has 0 aromatic heterocycles. The summed E-state index contributed by atoms with van der Waals surface area (Å²) in [7, 11) is 0. The van der Waals surface area contributed by atoms with E-state index >= 15 is 0 Å². The number of halogens is 1. The highest BCUT2D eigenvalue weighted by Gasteiger charge is 1.98. The van der Waals surface area contributed by atoms with Crippen molar-refractivity contribution in [3.05, 3.63) is 54.0 Å². The smallest absolute Gasteiger partial charge is 0.123 e. The van der Waals surface area contributed by atoms with E-state index in [2.05, 4.69) is 11.9 Å². The van der Waals surface area contributed by atoms with Crippen molar-refractivity contribution in [2.75, 3.05) is 0 Å². The monoisotopic (exact) mass is 191 g/mol. The lowest BCUT2D eigenvalue weighted by Crippen LogP contribution is -2.07. The Hall–Kier alpha value is -1.57. The Labute approximate surface area is 84.0 Å². The van der Waals surface area contributed by atoms with Crippen molar-refractivity contribution in [2.24, 2.45) is 0 Å². The van der Waals surface area contributed by atoms with Crippen LogP contribution >= 0.6 is 0 Å². The molecule has 1 aromatic carbocycles. The van der Waals surface area contributed by atoms with Gasteiger partial charge in [-0.2, -0.15) is 0 Å². The zero-order valence-corrected chi connectivity index (χ0v) is 8.47. The number of nitrogens with one attached hydrogen (secondary N) is 1.